The fraction of sp³-hybridized carbons (Fsp3) is 1.00. The molecule has 2 nitrogen and oxygen atoms in total. The van der Waals surface area contributed by atoms with Crippen LogP contribution in [0.25, 0.3) is 0 Å². The van der Waals surface area contributed by atoms with Crippen molar-refractivity contribution in [2.24, 2.45) is 23.5 Å². The van der Waals surface area contributed by atoms with Crippen molar-refractivity contribution in [2.75, 3.05) is 26.2 Å². The van der Waals surface area contributed by atoms with E-state index < -0.39 is 0 Å². The minimum Gasteiger partial charge on any atom is -0.330 e. The van der Waals surface area contributed by atoms with Gasteiger partial charge in [0.2, 0.25) is 0 Å². The summed E-state index contributed by atoms with van der Waals surface area (Å²) in [6, 6.07) is 0. The molecule has 1 heterocycles. The molecule has 0 aliphatic carbocycles. The minimum absolute atomic E-state index is 0.684. The monoisotopic (exact) mass is 226 g/mol. The molecule has 0 amide bonds. The second kappa shape index (κ2) is 7.29. The highest BCUT2D eigenvalue weighted by molar-refractivity contribution is 4.72. The number of hydrogen-bond acceptors (Lipinski definition) is 2. The molecule has 1 fully saturated rings. The molecule has 0 bridgehead atoms. The van der Waals surface area contributed by atoms with Gasteiger partial charge in [0.25, 0.3) is 0 Å². The molecule has 0 aromatic rings. The molecular weight excluding hydrogens is 196 g/mol. The molecule has 0 radical (unpaired) electrons. The Kier molecular flexibility index (Phi) is 6.37. The van der Waals surface area contributed by atoms with Gasteiger partial charge in [-0.25, -0.2) is 0 Å². The van der Waals surface area contributed by atoms with Crippen LogP contribution < -0.4 is 5.73 Å². The Bertz CT molecular complexity index is 180. The molecule has 0 aromatic heterocycles. The van der Waals surface area contributed by atoms with Crippen LogP contribution in [0, 0.1) is 17.8 Å². The summed E-state index contributed by atoms with van der Waals surface area (Å²) in [5.74, 6) is 2.50. The average molecular weight is 226 g/mol. The Morgan fingerprint density at radius 3 is 2.56 bits per heavy atom. The van der Waals surface area contributed by atoms with Gasteiger partial charge < -0.3 is 10.6 Å². The van der Waals surface area contributed by atoms with Crippen molar-refractivity contribution in [3.63, 3.8) is 0 Å². The van der Waals surface area contributed by atoms with E-state index in [4.69, 9.17) is 5.73 Å². The lowest BCUT2D eigenvalue weighted by Crippen LogP contribution is -2.28. The van der Waals surface area contributed by atoms with E-state index in [0.29, 0.717) is 5.92 Å². The van der Waals surface area contributed by atoms with Crippen LogP contribution >= 0.6 is 0 Å². The van der Waals surface area contributed by atoms with Gasteiger partial charge in [0.15, 0.2) is 0 Å². The maximum atomic E-state index is 5.66. The topological polar surface area (TPSA) is 29.3 Å². The first-order valence-corrected chi connectivity index (χ1v) is 7.06. The molecule has 2 N–H and O–H groups in total. The minimum atomic E-state index is 0.684. The third-order valence-corrected chi connectivity index (χ3v) is 4.15. The Morgan fingerprint density at radius 2 is 1.94 bits per heavy atom. The molecule has 1 rings (SSSR count). The van der Waals surface area contributed by atoms with E-state index in [1.807, 2.05) is 0 Å². The lowest BCUT2D eigenvalue weighted by atomic mass is 9.89. The summed E-state index contributed by atoms with van der Waals surface area (Å²) < 4.78 is 0. The van der Waals surface area contributed by atoms with Crippen molar-refractivity contribution in [3.8, 4) is 0 Å². The standard InChI is InChI=1S/C14H30N2/c1-12(2)14-5-4-8-16(10-7-14)9-6-13(3)11-15/h12-14H,4-11,15H2,1-3H3. The van der Waals surface area contributed by atoms with E-state index in [2.05, 4.69) is 25.7 Å². The summed E-state index contributed by atoms with van der Waals surface area (Å²) in [6.45, 7) is 11.7. The summed E-state index contributed by atoms with van der Waals surface area (Å²) >= 11 is 0. The molecule has 1 aliphatic rings. The van der Waals surface area contributed by atoms with Gasteiger partial charge in [-0.05, 0) is 69.6 Å². The first-order chi connectivity index (χ1) is 7.63. The van der Waals surface area contributed by atoms with E-state index in [1.165, 1.54) is 45.3 Å². The van der Waals surface area contributed by atoms with Crippen LogP contribution in [0.4, 0.5) is 0 Å². The predicted molar refractivity (Wildman–Crippen MR) is 71.5 cm³/mol. The van der Waals surface area contributed by atoms with Crippen molar-refractivity contribution >= 4 is 0 Å². The first-order valence-electron chi connectivity index (χ1n) is 7.06. The van der Waals surface area contributed by atoms with Crippen molar-refractivity contribution < 1.29 is 0 Å². The summed E-state index contributed by atoms with van der Waals surface area (Å²) in [6.07, 6.45) is 5.48. The zero-order valence-electron chi connectivity index (χ0n) is 11.4. The van der Waals surface area contributed by atoms with Gasteiger partial charge >= 0.3 is 0 Å². The smallest absolute Gasteiger partial charge is 0.00157 e. The van der Waals surface area contributed by atoms with Crippen molar-refractivity contribution in [1.82, 2.24) is 4.90 Å². The molecule has 1 aliphatic heterocycles. The van der Waals surface area contributed by atoms with E-state index in [1.54, 1.807) is 0 Å². The molecule has 0 spiro atoms. The van der Waals surface area contributed by atoms with Gasteiger partial charge in [-0.15, -0.1) is 0 Å². The lowest BCUT2D eigenvalue weighted by Gasteiger charge is -2.22. The van der Waals surface area contributed by atoms with Gasteiger partial charge in [-0.3, -0.25) is 0 Å². The van der Waals surface area contributed by atoms with Crippen LogP contribution in [0.15, 0.2) is 0 Å². The van der Waals surface area contributed by atoms with Gasteiger partial charge in [-0.1, -0.05) is 20.8 Å². The average Bonchev–Trinajstić information content (AvgIpc) is 2.51. The van der Waals surface area contributed by atoms with Crippen LogP contribution in [-0.2, 0) is 0 Å². The quantitative estimate of drug-likeness (QED) is 0.781. The third-order valence-electron chi connectivity index (χ3n) is 4.15. The van der Waals surface area contributed by atoms with Gasteiger partial charge in [0.05, 0.1) is 0 Å². The first kappa shape index (κ1) is 14.0. The van der Waals surface area contributed by atoms with Crippen LogP contribution in [0.3, 0.4) is 0 Å². The number of likely N-dealkylation sites (tertiary alicyclic amines) is 1. The number of hydrogen-bond donors (Lipinski definition) is 1. The van der Waals surface area contributed by atoms with Gasteiger partial charge in [-0.2, -0.15) is 0 Å². The number of rotatable bonds is 5. The summed E-state index contributed by atoms with van der Waals surface area (Å²) in [7, 11) is 0. The molecule has 0 saturated carbocycles. The maximum Gasteiger partial charge on any atom is -0.00157 e. The fourth-order valence-electron chi connectivity index (χ4n) is 2.59. The summed E-state index contributed by atoms with van der Waals surface area (Å²) in [5.41, 5.74) is 5.66. The molecule has 2 heteroatoms. The zero-order valence-corrected chi connectivity index (χ0v) is 11.4. The summed E-state index contributed by atoms with van der Waals surface area (Å²) in [4.78, 5) is 2.65. The molecule has 96 valence electrons. The van der Waals surface area contributed by atoms with Gasteiger partial charge in [0.1, 0.15) is 0 Å². The Labute approximate surface area is 102 Å². The van der Waals surface area contributed by atoms with Crippen molar-refractivity contribution in [3.05, 3.63) is 0 Å². The highest BCUT2D eigenvalue weighted by atomic mass is 15.1. The van der Waals surface area contributed by atoms with E-state index >= 15 is 0 Å². The SMILES string of the molecule is CC(CN)CCN1CCCC(C(C)C)CC1. The van der Waals surface area contributed by atoms with Gasteiger partial charge in [0, 0.05) is 0 Å². The Balaban J connectivity index is 2.25. The van der Waals surface area contributed by atoms with Crippen molar-refractivity contribution in [1.29, 1.82) is 0 Å². The largest absolute Gasteiger partial charge is 0.330 e. The highest BCUT2D eigenvalue weighted by Gasteiger charge is 2.19. The molecule has 16 heavy (non-hydrogen) atoms. The third kappa shape index (κ3) is 4.84. The second-order valence-electron chi connectivity index (χ2n) is 5.91. The second-order valence-corrected chi connectivity index (χ2v) is 5.91. The summed E-state index contributed by atoms with van der Waals surface area (Å²) in [5, 5.41) is 0. The number of nitrogens with two attached hydrogens (primary N) is 1. The van der Waals surface area contributed by atoms with Crippen LogP contribution in [0.2, 0.25) is 0 Å². The fourth-order valence-corrected chi connectivity index (χ4v) is 2.59. The zero-order chi connectivity index (χ0) is 12.0. The van der Waals surface area contributed by atoms with Crippen molar-refractivity contribution in [2.45, 2.75) is 46.5 Å². The Morgan fingerprint density at radius 1 is 1.19 bits per heavy atom. The van der Waals surface area contributed by atoms with Crippen LogP contribution in [0.5, 0.6) is 0 Å². The van der Waals surface area contributed by atoms with E-state index in [9.17, 15) is 0 Å². The van der Waals surface area contributed by atoms with E-state index in [0.717, 1.165) is 18.4 Å². The predicted octanol–water partition coefficient (Wildman–Crippen LogP) is 2.73. The molecule has 2 unspecified atom stereocenters. The highest BCUT2D eigenvalue weighted by Crippen LogP contribution is 2.24. The Hall–Kier alpha value is -0.0800. The normalized spacial score (nSPS) is 25.7. The maximum absolute atomic E-state index is 5.66. The number of nitrogens with zero attached hydrogens (tertiary/aromatic N) is 1. The molecule has 0 aromatic carbocycles. The molecule has 1 saturated heterocycles. The van der Waals surface area contributed by atoms with E-state index in [-0.39, 0.29) is 0 Å². The lowest BCUT2D eigenvalue weighted by molar-refractivity contribution is 0.255. The molecular formula is C14H30N2. The van der Waals surface area contributed by atoms with Crippen LogP contribution in [-0.4, -0.2) is 31.1 Å². The van der Waals surface area contributed by atoms with Crippen LogP contribution in [0.1, 0.15) is 46.5 Å². The molecule has 2 atom stereocenters.